The number of fused-ring (bicyclic) bond motifs is 1. The lowest BCUT2D eigenvalue weighted by Crippen LogP contribution is -2.37. The lowest BCUT2D eigenvalue weighted by Gasteiger charge is -2.37. The van der Waals surface area contributed by atoms with Crippen LogP contribution in [-0.2, 0) is 4.79 Å². The molecular formula is C10H16O2. The first-order chi connectivity index (χ1) is 5.63. The summed E-state index contributed by atoms with van der Waals surface area (Å²) in [5.41, 5.74) is 0.0634. The third-order valence-corrected chi connectivity index (χ3v) is 3.90. The molecule has 2 heteroatoms. The molecule has 0 aromatic rings. The van der Waals surface area contributed by atoms with Gasteiger partial charge in [0.2, 0.25) is 0 Å². The van der Waals surface area contributed by atoms with Crippen molar-refractivity contribution in [2.45, 2.75) is 45.1 Å². The second kappa shape index (κ2) is 2.56. The molecule has 3 atom stereocenters. The van der Waals surface area contributed by atoms with Crippen molar-refractivity contribution in [1.29, 1.82) is 0 Å². The monoisotopic (exact) mass is 168 g/mol. The van der Waals surface area contributed by atoms with Gasteiger partial charge in [-0.15, -0.1) is 0 Å². The highest BCUT2D eigenvalue weighted by Crippen LogP contribution is 2.50. The fraction of sp³-hybridized carbons (Fsp3) is 0.900. The molecule has 0 saturated heterocycles. The number of aliphatic hydroxyl groups excluding tert-OH is 1. The molecule has 0 bridgehead atoms. The molecule has 2 rings (SSSR count). The van der Waals surface area contributed by atoms with Crippen LogP contribution >= 0.6 is 0 Å². The van der Waals surface area contributed by atoms with Crippen molar-refractivity contribution in [3.05, 3.63) is 0 Å². The lowest BCUT2D eigenvalue weighted by molar-refractivity contribution is -0.125. The second-order valence-electron chi connectivity index (χ2n) is 4.54. The van der Waals surface area contributed by atoms with Gasteiger partial charge in [0.1, 0.15) is 5.78 Å². The first-order valence-electron chi connectivity index (χ1n) is 4.83. The summed E-state index contributed by atoms with van der Waals surface area (Å²) in [6.45, 7) is 2.14. The summed E-state index contributed by atoms with van der Waals surface area (Å²) in [6.07, 6.45) is 4.09. The van der Waals surface area contributed by atoms with E-state index in [2.05, 4.69) is 6.92 Å². The van der Waals surface area contributed by atoms with Crippen molar-refractivity contribution in [3.8, 4) is 0 Å². The molecule has 2 fully saturated rings. The van der Waals surface area contributed by atoms with Crippen LogP contribution in [0.2, 0.25) is 0 Å². The molecule has 2 aliphatic rings. The molecule has 0 amide bonds. The standard InChI is InChI=1S/C10H16O2/c1-10-5-4-8(11)6-7(10)2-3-9(10)12/h7,9,12H,2-6H2,1H3. The van der Waals surface area contributed by atoms with Crippen LogP contribution < -0.4 is 0 Å². The number of carbonyl (C=O) groups is 1. The lowest BCUT2D eigenvalue weighted by atomic mass is 9.68. The number of ketones is 1. The smallest absolute Gasteiger partial charge is 0.133 e. The van der Waals surface area contributed by atoms with Gasteiger partial charge in [-0.2, -0.15) is 0 Å². The maximum Gasteiger partial charge on any atom is 0.133 e. The quantitative estimate of drug-likeness (QED) is 0.595. The van der Waals surface area contributed by atoms with Gasteiger partial charge in [-0.25, -0.2) is 0 Å². The Hall–Kier alpha value is -0.370. The molecule has 0 spiro atoms. The molecule has 0 aliphatic heterocycles. The van der Waals surface area contributed by atoms with E-state index in [0.29, 0.717) is 24.5 Å². The van der Waals surface area contributed by atoms with Crippen molar-refractivity contribution in [1.82, 2.24) is 0 Å². The van der Waals surface area contributed by atoms with Gasteiger partial charge < -0.3 is 5.11 Å². The van der Waals surface area contributed by atoms with E-state index in [0.717, 1.165) is 19.3 Å². The minimum atomic E-state index is -0.157. The van der Waals surface area contributed by atoms with Gasteiger partial charge in [-0.3, -0.25) is 4.79 Å². The van der Waals surface area contributed by atoms with Crippen LogP contribution in [0.15, 0.2) is 0 Å². The van der Waals surface area contributed by atoms with E-state index in [1.54, 1.807) is 0 Å². The average Bonchev–Trinajstić information content (AvgIpc) is 2.31. The number of hydrogen-bond acceptors (Lipinski definition) is 2. The molecule has 68 valence electrons. The van der Waals surface area contributed by atoms with Crippen LogP contribution in [0.5, 0.6) is 0 Å². The summed E-state index contributed by atoms with van der Waals surface area (Å²) in [5.74, 6) is 0.861. The van der Waals surface area contributed by atoms with E-state index in [4.69, 9.17) is 0 Å². The fourth-order valence-electron chi connectivity index (χ4n) is 2.78. The second-order valence-corrected chi connectivity index (χ2v) is 4.54. The Bertz CT molecular complexity index is 212. The van der Waals surface area contributed by atoms with Gasteiger partial charge >= 0.3 is 0 Å². The topological polar surface area (TPSA) is 37.3 Å². The summed E-state index contributed by atoms with van der Waals surface area (Å²) in [7, 11) is 0. The van der Waals surface area contributed by atoms with Crippen LogP contribution in [-0.4, -0.2) is 17.0 Å². The average molecular weight is 168 g/mol. The van der Waals surface area contributed by atoms with Crippen molar-refractivity contribution in [2.75, 3.05) is 0 Å². The van der Waals surface area contributed by atoms with Gasteiger partial charge in [-0.05, 0) is 30.6 Å². The molecule has 0 heterocycles. The van der Waals surface area contributed by atoms with E-state index >= 15 is 0 Å². The van der Waals surface area contributed by atoms with E-state index < -0.39 is 0 Å². The Morgan fingerprint density at radius 3 is 3.00 bits per heavy atom. The normalized spacial score (nSPS) is 47.7. The fourth-order valence-corrected chi connectivity index (χ4v) is 2.78. The molecule has 0 radical (unpaired) electrons. The highest BCUT2D eigenvalue weighted by atomic mass is 16.3. The van der Waals surface area contributed by atoms with E-state index in [1.807, 2.05) is 0 Å². The van der Waals surface area contributed by atoms with Crippen LogP contribution in [0.1, 0.15) is 39.0 Å². The molecule has 2 aliphatic carbocycles. The number of aliphatic hydroxyl groups is 1. The number of carbonyl (C=O) groups excluding carboxylic acids is 1. The molecule has 3 unspecified atom stereocenters. The van der Waals surface area contributed by atoms with E-state index in [9.17, 15) is 9.90 Å². The Labute approximate surface area is 73.0 Å². The Balaban J connectivity index is 2.19. The van der Waals surface area contributed by atoms with Crippen LogP contribution in [0.4, 0.5) is 0 Å². The molecule has 2 saturated carbocycles. The first-order valence-corrected chi connectivity index (χ1v) is 4.83. The zero-order chi connectivity index (χ0) is 8.77. The van der Waals surface area contributed by atoms with Gasteiger partial charge in [-0.1, -0.05) is 6.92 Å². The maximum absolute atomic E-state index is 11.2. The van der Waals surface area contributed by atoms with E-state index in [-0.39, 0.29) is 11.5 Å². The van der Waals surface area contributed by atoms with Crippen LogP contribution in [0, 0.1) is 11.3 Å². The van der Waals surface area contributed by atoms with Crippen molar-refractivity contribution in [2.24, 2.45) is 11.3 Å². The maximum atomic E-state index is 11.2. The molecule has 0 aromatic heterocycles. The molecule has 2 nitrogen and oxygen atoms in total. The number of rotatable bonds is 0. The summed E-state index contributed by atoms with van der Waals surface area (Å²) in [5, 5.41) is 9.76. The molecular weight excluding hydrogens is 152 g/mol. The van der Waals surface area contributed by atoms with E-state index in [1.165, 1.54) is 0 Å². The zero-order valence-corrected chi connectivity index (χ0v) is 7.55. The largest absolute Gasteiger partial charge is 0.393 e. The van der Waals surface area contributed by atoms with Crippen molar-refractivity contribution in [3.63, 3.8) is 0 Å². The van der Waals surface area contributed by atoms with Gasteiger partial charge in [0.05, 0.1) is 6.10 Å². The van der Waals surface area contributed by atoms with Crippen LogP contribution in [0.3, 0.4) is 0 Å². The minimum absolute atomic E-state index is 0.0634. The van der Waals surface area contributed by atoms with Gasteiger partial charge in [0, 0.05) is 12.8 Å². The Kier molecular flexibility index (Phi) is 1.76. The zero-order valence-electron chi connectivity index (χ0n) is 7.55. The van der Waals surface area contributed by atoms with Crippen molar-refractivity contribution < 1.29 is 9.90 Å². The molecule has 12 heavy (non-hydrogen) atoms. The number of hydrogen-bond donors (Lipinski definition) is 1. The molecule has 0 aromatic carbocycles. The summed E-state index contributed by atoms with van der Waals surface area (Å²) in [4.78, 5) is 11.2. The Morgan fingerprint density at radius 2 is 2.25 bits per heavy atom. The third kappa shape index (κ3) is 1.01. The predicted octanol–water partition coefficient (Wildman–Crippen LogP) is 1.52. The number of Topliss-reactive ketones (excluding diaryl/α,β-unsaturated/α-hetero) is 1. The third-order valence-electron chi connectivity index (χ3n) is 3.90. The van der Waals surface area contributed by atoms with Crippen molar-refractivity contribution >= 4 is 5.78 Å². The highest BCUT2D eigenvalue weighted by Gasteiger charge is 2.48. The summed E-state index contributed by atoms with van der Waals surface area (Å²) >= 11 is 0. The van der Waals surface area contributed by atoms with Gasteiger partial charge in [0.15, 0.2) is 0 Å². The minimum Gasteiger partial charge on any atom is -0.393 e. The first kappa shape index (κ1) is 8.24. The summed E-state index contributed by atoms with van der Waals surface area (Å²) in [6, 6.07) is 0. The Morgan fingerprint density at radius 1 is 1.50 bits per heavy atom. The molecule has 1 N–H and O–H groups in total. The van der Waals surface area contributed by atoms with Gasteiger partial charge in [0.25, 0.3) is 0 Å². The predicted molar refractivity (Wildman–Crippen MR) is 45.7 cm³/mol. The SMILES string of the molecule is CC12CCC(=O)CC1CCC2O. The van der Waals surface area contributed by atoms with Crippen LogP contribution in [0.25, 0.3) is 0 Å². The highest BCUT2D eigenvalue weighted by molar-refractivity contribution is 5.79. The summed E-state index contributed by atoms with van der Waals surface area (Å²) < 4.78 is 0.